The van der Waals surface area contributed by atoms with E-state index in [2.05, 4.69) is 15.5 Å². The first-order valence-electron chi connectivity index (χ1n) is 7.94. The Balaban J connectivity index is 1.89. The number of rotatable bonds is 2. The molecule has 1 saturated heterocycles. The normalized spacial score (nSPS) is 17.8. The molecule has 4 rings (SSSR count). The standard InChI is InChI=1S/C16H16N4O4S/c1-7-13(8(2)24-19-7)11-6-10-14(25-11)15(22)20(16(23)18-10)9-3-4-17-12(21)5-9/h6,9H,3-5H2,1-2H3,(H,17,21)(H,18,23)/t9-/m0/s1. The second-order valence-electron chi connectivity index (χ2n) is 6.15. The summed E-state index contributed by atoms with van der Waals surface area (Å²) in [4.78, 5) is 40.5. The van der Waals surface area contributed by atoms with Crippen LogP contribution in [0.3, 0.4) is 0 Å². The van der Waals surface area contributed by atoms with Gasteiger partial charge in [-0.25, -0.2) is 4.79 Å². The number of piperidine rings is 1. The molecule has 4 heterocycles. The van der Waals surface area contributed by atoms with Gasteiger partial charge in [0.25, 0.3) is 5.56 Å². The summed E-state index contributed by atoms with van der Waals surface area (Å²) in [6.07, 6.45) is 0.693. The van der Waals surface area contributed by atoms with Gasteiger partial charge in [0.2, 0.25) is 5.91 Å². The highest BCUT2D eigenvalue weighted by atomic mass is 32.1. The number of thiophene rings is 1. The second-order valence-corrected chi connectivity index (χ2v) is 7.21. The number of H-pyrrole nitrogens is 1. The minimum absolute atomic E-state index is 0.136. The van der Waals surface area contributed by atoms with Gasteiger partial charge in [-0.15, -0.1) is 11.3 Å². The van der Waals surface area contributed by atoms with Gasteiger partial charge in [-0.1, -0.05) is 5.16 Å². The summed E-state index contributed by atoms with van der Waals surface area (Å²) >= 11 is 1.29. The number of nitrogens with one attached hydrogen (secondary N) is 2. The van der Waals surface area contributed by atoms with Crippen molar-refractivity contribution in [3.63, 3.8) is 0 Å². The van der Waals surface area contributed by atoms with Crippen LogP contribution in [0.4, 0.5) is 0 Å². The van der Waals surface area contributed by atoms with Crippen molar-refractivity contribution in [3.05, 3.63) is 38.4 Å². The lowest BCUT2D eigenvalue weighted by Gasteiger charge is -2.23. The number of hydrogen-bond acceptors (Lipinski definition) is 6. The van der Waals surface area contributed by atoms with Crippen molar-refractivity contribution in [2.75, 3.05) is 6.54 Å². The van der Waals surface area contributed by atoms with Crippen LogP contribution >= 0.6 is 11.3 Å². The number of nitrogens with zero attached hydrogens (tertiary/aromatic N) is 2. The zero-order valence-corrected chi connectivity index (χ0v) is 14.5. The summed E-state index contributed by atoms with van der Waals surface area (Å²) in [7, 11) is 0. The largest absolute Gasteiger partial charge is 0.361 e. The van der Waals surface area contributed by atoms with Crippen LogP contribution in [0.5, 0.6) is 0 Å². The number of aryl methyl sites for hydroxylation is 2. The Morgan fingerprint density at radius 3 is 2.80 bits per heavy atom. The molecule has 8 nitrogen and oxygen atoms in total. The molecule has 0 saturated carbocycles. The number of carbonyl (C=O) groups excluding carboxylic acids is 1. The van der Waals surface area contributed by atoms with E-state index in [0.717, 1.165) is 16.1 Å². The lowest BCUT2D eigenvalue weighted by Crippen LogP contribution is -2.43. The van der Waals surface area contributed by atoms with Crippen LogP contribution < -0.4 is 16.6 Å². The van der Waals surface area contributed by atoms with Crippen LogP contribution in [0.2, 0.25) is 0 Å². The molecule has 2 N–H and O–H groups in total. The number of aromatic amines is 1. The van der Waals surface area contributed by atoms with Gasteiger partial charge >= 0.3 is 5.69 Å². The van der Waals surface area contributed by atoms with E-state index in [4.69, 9.17) is 4.52 Å². The Morgan fingerprint density at radius 2 is 2.12 bits per heavy atom. The third-order valence-electron chi connectivity index (χ3n) is 4.47. The third-order valence-corrected chi connectivity index (χ3v) is 5.61. The fourth-order valence-corrected chi connectivity index (χ4v) is 4.49. The number of aromatic nitrogens is 3. The molecule has 0 radical (unpaired) electrons. The molecule has 130 valence electrons. The maximum Gasteiger partial charge on any atom is 0.329 e. The van der Waals surface area contributed by atoms with Crippen LogP contribution in [0.15, 0.2) is 20.2 Å². The first-order valence-corrected chi connectivity index (χ1v) is 8.75. The van der Waals surface area contributed by atoms with Crippen LogP contribution in [-0.2, 0) is 4.79 Å². The maximum atomic E-state index is 12.9. The number of fused-ring (bicyclic) bond motifs is 1. The molecule has 0 spiro atoms. The van der Waals surface area contributed by atoms with E-state index in [-0.39, 0.29) is 17.9 Å². The fourth-order valence-electron chi connectivity index (χ4n) is 3.30. The van der Waals surface area contributed by atoms with E-state index in [1.54, 1.807) is 13.0 Å². The zero-order chi connectivity index (χ0) is 17.7. The third kappa shape index (κ3) is 2.51. The van der Waals surface area contributed by atoms with Gasteiger partial charge in [0.05, 0.1) is 22.8 Å². The molecular formula is C16H16N4O4S. The summed E-state index contributed by atoms with van der Waals surface area (Å²) in [6, 6.07) is 1.35. The molecule has 25 heavy (non-hydrogen) atoms. The average molecular weight is 360 g/mol. The lowest BCUT2D eigenvalue weighted by atomic mass is 10.1. The monoisotopic (exact) mass is 360 g/mol. The Hall–Kier alpha value is -2.68. The summed E-state index contributed by atoms with van der Waals surface area (Å²) < 4.78 is 6.82. The van der Waals surface area contributed by atoms with Crippen molar-refractivity contribution in [1.29, 1.82) is 0 Å². The van der Waals surface area contributed by atoms with E-state index in [1.807, 2.05) is 6.92 Å². The number of hydrogen-bond donors (Lipinski definition) is 2. The number of carbonyl (C=O) groups is 1. The SMILES string of the molecule is Cc1noc(C)c1-c1cc2[nH]c(=O)n([C@H]3CCNC(=O)C3)c(=O)c2s1. The molecule has 0 aromatic carbocycles. The van der Waals surface area contributed by atoms with E-state index < -0.39 is 11.7 Å². The van der Waals surface area contributed by atoms with E-state index in [1.165, 1.54) is 15.9 Å². The Labute approximate surface area is 145 Å². The zero-order valence-electron chi connectivity index (χ0n) is 13.7. The van der Waals surface area contributed by atoms with Crippen molar-refractivity contribution in [2.45, 2.75) is 32.7 Å². The Kier molecular flexibility index (Phi) is 3.60. The van der Waals surface area contributed by atoms with Crippen LogP contribution in [0.25, 0.3) is 20.7 Å². The van der Waals surface area contributed by atoms with Crippen molar-refractivity contribution >= 4 is 27.5 Å². The van der Waals surface area contributed by atoms with Crippen molar-refractivity contribution in [2.24, 2.45) is 0 Å². The molecule has 1 fully saturated rings. The van der Waals surface area contributed by atoms with Crippen molar-refractivity contribution < 1.29 is 9.32 Å². The quantitative estimate of drug-likeness (QED) is 0.719. The predicted molar refractivity (Wildman–Crippen MR) is 93.0 cm³/mol. The molecule has 1 amide bonds. The molecule has 3 aromatic heterocycles. The summed E-state index contributed by atoms with van der Waals surface area (Å²) in [5.41, 5.74) is 1.22. The van der Waals surface area contributed by atoms with Gasteiger partial charge in [-0.05, 0) is 26.3 Å². The summed E-state index contributed by atoms with van der Waals surface area (Å²) in [5.74, 6) is 0.515. The van der Waals surface area contributed by atoms with Crippen LogP contribution in [0, 0.1) is 13.8 Å². The second kappa shape index (κ2) is 5.69. The Morgan fingerprint density at radius 1 is 1.32 bits per heavy atom. The molecule has 0 unspecified atom stereocenters. The predicted octanol–water partition coefficient (Wildman–Crippen LogP) is 1.47. The highest BCUT2D eigenvalue weighted by molar-refractivity contribution is 7.22. The highest BCUT2D eigenvalue weighted by Gasteiger charge is 2.25. The molecule has 9 heteroatoms. The van der Waals surface area contributed by atoms with Crippen LogP contribution in [0.1, 0.15) is 30.3 Å². The van der Waals surface area contributed by atoms with Crippen LogP contribution in [-0.4, -0.2) is 27.2 Å². The van der Waals surface area contributed by atoms with Gasteiger partial charge in [0.1, 0.15) is 10.5 Å². The molecular weight excluding hydrogens is 344 g/mol. The van der Waals surface area contributed by atoms with Crippen molar-refractivity contribution in [3.8, 4) is 10.4 Å². The summed E-state index contributed by atoms with van der Waals surface area (Å²) in [5, 5.41) is 6.65. The van der Waals surface area contributed by atoms with E-state index in [9.17, 15) is 14.4 Å². The average Bonchev–Trinajstić information content (AvgIpc) is 3.10. The topological polar surface area (TPSA) is 110 Å². The lowest BCUT2D eigenvalue weighted by molar-refractivity contribution is -0.123. The first-order chi connectivity index (χ1) is 12.0. The molecule has 0 aliphatic carbocycles. The van der Waals surface area contributed by atoms with E-state index in [0.29, 0.717) is 28.9 Å². The molecule has 1 aliphatic heterocycles. The smallest absolute Gasteiger partial charge is 0.329 e. The van der Waals surface area contributed by atoms with Gasteiger partial charge < -0.3 is 14.8 Å². The molecule has 1 aliphatic rings. The highest BCUT2D eigenvalue weighted by Crippen LogP contribution is 2.34. The van der Waals surface area contributed by atoms with E-state index >= 15 is 0 Å². The van der Waals surface area contributed by atoms with Gasteiger partial charge in [0.15, 0.2) is 0 Å². The van der Waals surface area contributed by atoms with Gasteiger partial charge in [-0.2, -0.15) is 0 Å². The minimum Gasteiger partial charge on any atom is -0.361 e. The van der Waals surface area contributed by atoms with Gasteiger partial charge in [-0.3, -0.25) is 14.2 Å². The molecule has 0 bridgehead atoms. The minimum atomic E-state index is -0.486. The molecule has 3 aromatic rings. The van der Waals surface area contributed by atoms with Gasteiger partial charge in [0, 0.05) is 17.8 Å². The number of amides is 1. The molecule has 1 atom stereocenters. The van der Waals surface area contributed by atoms with Crippen molar-refractivity contribution in [1.82, 2.24) is 20.0 Å². The maximum absolute atomic E-state index is 12.9. The first kappa shape index (κ1) is 15.8. The summed E-state index contributed by atoms with van der Waals surface area (Å²) in [6.45, 7) is 4.10. The fraction of sp³-hybridized carbons (Fsp3) is 0.375. The Bertz CT molecular complexity index is 1080.